The van der Waals surface area contributed by atoms with E-state index in [2.05, 4.69) is 4.98 Å². The molecule has 1 aromatic heterocycles. The third-order valence-electron chi connectivity index (χ3n) is 2.36. The van der Waals surface area contributed by atoms with Crippen molar-refractivity contribution < 1.29 is 10.0 Å². The fourth-order valence-electron chi connectivity index (χ4n) is 1.57. The van der Waals surface area contributed by atoms with Gasteiger partial charge in [-0.25, -0.2) is 0 Å². The van der Waals surface area contributed by atoms with Crippen molar-refractivity contribution >= 4 is 5.69 Å². The number of aromatic hydroxyl groups is 1. The Morgan fingerprint density at radius 3 is 2.76 bits per heavy atom. The zero-order valence-electron chi connectivity index (χ0n) is 8.91. The molecule has 0 atom stereocenters. The van der Waals surface area contributed by atoms with Crippen LogP contribution in [-0.4, -0.2) is 15.0 Å². The van der Waals surface area contributed by atoms with Gasteiger partial charge in [-0.05, 0) is 24.3 Å². The predicted octanol–water partition coefficient (Wildman–Crippen LogP) is 2.29. The number of rotatable bonds is 3. The lowest BCUT2D eigenvalue weighted by atomic mass is 10.1. The molecule has 5 nitrogen and oxygen atoms in total. The van der Waals surface area contributed by atoms with Crippen LogP contribution in [0.25, 0.3) is 0 Å². The van der Waals surface area contributed by atoms with Crippen LogP contribution < -0.4 is 0 Å². The minimum absolute atomic E-state index is 0.0874. The summed E-state index contributed by atoms with van der Waals surface area (Å²) in [6, 6.07) is 9.55. The molecule has 0 aliphatic carbocycles. The average Bonchev–Trinajstić information content (AvgIpc) is 2.32. The summed E-state index contributed by atoms with van der Waals surface area (Å²) in [6.45, 7) is 0. The Morgan fingerprint density at radius 2 is 2.12 bits per heavy atom. The van der Waals surface area contributed by atoms with Crippen molar-refractivity contribution in [2.45, 2.75) is 6.42 Å². The summed E-state index contributed by atoms with van der Waals surface area (Å²) < 4.78 is 0. The van der Waals surface area contributed by atoms with Gasteiger partial charge in [-0.3, -0.25) is 15.1 Å². The number of aromatic nitrogens is 1. The highest BCUT2D eigenvalue weighted by molar-refractivity contribution is 5.46. The summed E-state index contributed by atoms with van der Waals surface area (Å²) in [4.78, 5) is 14.4. The molecule has 0 saturated carbocycles. The van der Waals surface area contributed by atoms with E-state index in [4.69, 9.17) is 0 Å². The normalized spacial score (nSPS) is 10.1. The number of pyridine rings is 1. The van der Waals surface area contributed by atoms with Gasteiger partial charge in [-0.2, -0.15) is 0 Å². The molecule has 0 fully saturated rings. The number of phenols is 1. The molecule has 1 heterocycles. The van der Waals surface area contributed by atoms with Crippen LogP contribution in [0, 0.1) is 10.1 Å². The molecule has 17 heavy (non-hydrogen) atoms. The molecule has 0 spiro atoms. The van der Waals surface area contributed by atoms with Crippen molar-refractivity contribution in [2.75, 3.05) is 0 Å². The maximum atomic E-state index is 10.8. The highest BCUT2D eigenvalue weighted by Gasteiger charge is 2.14. The van der Waals surface area contributed by atoms with E-state index < -0.39 is 4.92 Å². The van der Waals surface area contributed by atoms with Crippen molar-refractivity contribution in [3.63, 3.8) is 0 Å². The van der Waals surface area contributed by atoms with Crippen LogP contribution in [0.15, 0.2) is 42.6 Å². The largest absolute Gasteiger partial charge is 0.508 e. The minimum atomic E-state index is -0.502. The molecule has 0 unspecified atom stereocenters. The lowest BCUT2D eigenvalue weighted by Crippen LogP contribution is -1.97. The van der Waals surface area contributed by atoms with Crippen LogP contribution in [0.4, 0.5) is 5.69 Å². The van der Waals surface area contributed by atoms with Gasteiger partial charge in [0, 0.05) is 23.9 Å². The molecule has 0 amide bonds. The molecule has 0 radical (unpaired) electrons. The van der Waals surface area contributed by atoms with Gasteiger partial charge in [0.15, 0.2) is 0 Å². The Balaban J connectivity index is 2.36. The van der Waals surface area contributed by atoms with Gasteiger partial charge in [0.25, 0.3) is 5.69 Å². The van der Waals surface area contributed by atoms with Crippen molar-refractivity contribution in [3.05, 3.63) is 64.0 Å². The fraction of sp³-hybridized carbons (Fsp3) is 0.0833. The number of benzene rings is 1. The zero-order valence-corrected chi connectivity index (χ0v) is 8.91. The zero-order chi connectivity index (χ0) is 12.3. The van der Waals surface area contributed by atoms with Crippen molar-refractivity contribution in [1.29, 1.82) is 0 Å². The van der Waals surface area contributed by atoms with Gasteiger partial charge in [-0.15, -0.1) is 0 Å². The standard InChI is InChI=1S/C12H10N2O3/c15-11-5-4-9(12(8-11)14(16)17)7-10-3-1-2-6-13-10/h1-6,8,15H,7H2. The highest BCUT2D eigenvalue weighted by atomic mass is 16.6. The molecule has 0 bridgehead atoms. The van der Waals surface area contributed by atoms with Gasteiger partial charge in [0.2, 0.25) is 0 Å². The summed E-state index contributed by atoms with van der Waals surface area (Å²) in [5.41, 5.74) is 1.20. The predicted molar refractivity (Wildman–Crippen MR) is 61.8 cm³/mol. The van der Waals surface area contributed by atoms with Gasteiger partial charge < -0.3 is 5.11 Å². The number of hydrogen-bond donors (Lipinski definition) is 1. The number of hydrogen-bond acceptors (Lipinski definition) is 4. The Morgan fingerprint density at radius 1 is 1.29 bits per heavy atom. The van der Waals surface area contributed by atoms with Gasteiger partial charge in [0.1, 0.15) is 5.75 Å². The third kappa shape index (κ3) is 2.57. The van der Waals surface area contributed by atoms with Crippen molar-refractivity contribution in [3.8, 4) is 5.75 Å². The lowest BCUT2D eigenvalue weighted by molar-refractivity contribution is -0.385. The van der Waals surface area contributed by atoms with Gasteiger partial charge in [0.05, 0.1) is 11.0 Å². The molecule has 1 aromatic carbocycles. The Labute approximate surface area is 97.5 Å². The first-order valence-corrected chi connectivity index (χ1v) is 5.03. The number of phenolic OH excluding ortho intramolecular Hbond substituents is 1. The molecule has 0 aliphatic heterocycles. The van der Waals surface area contributed by atoms with E-state index in [0.717, 1.165) is 11.8 Å². The molecule has 86 valence electrons. The minimum Gasteiger partial charge on any atom is -0.508 e. The van der Waals surface area contributed by atoms with Crippen molar-refractivity contribution in [1.82, 2.24) is 4.98 Å². The first kappa shape index (κ1) is 11.1. The molecular formula is C12H10N2O3. The topological polar surface area (TPSA) is 76.3 Å². The van der Waals surface area contributed by atoms with E-state index in [1.54, 1.807) is 24.4 Å². The summed E-state index contributed by atoms with van der Waals surface area (Å²) in [6.07, 6.45) is 2.01. The fourth-order valence-corrected chi connectivity index (χ4v) is 1.57. The summed E-state index contributed by atoms with van der Waals surface area (Å²) in [7, 11) is 0. The molecule has 0 saturated heterocycles. The first-order chi connectivity index (χ1) is 8.16. The van der Waals surface area contributed by atoms with E-state index in [-0.39, 0.29) is 11.4 Å². The second-order valence-electron chi connectivity index (χ2n) is 3.57. The SMILES string of the molecule is O=[N+]([O-])c1cc(O)ccc1Cc1ccccn1. The Hall–Kier alpha value is -2.43. The monoisotopic (exact) mass is 230 g/mol. The smallest absolute Gasteiger partial charge is 0.276 e. The summed E-state index contributed by atoms with van der Waals surface area (Å²) in [5, 5.41) is 20.1. The number of nitrogens with zero attached hydrogens (tertiary/aromatic N) is 2. The van der Waals surface area contributed by atoms with Crippen LogP contribution in [0.2, 0.25) is 0 Å². The van der Waals surface area contributed by atoms with Gasteiger partial charge in [-0.1, -0.05) is 6.07 Å². The van der Waals surface area contributed by atoms with Crippen LogP contribution in [0.3, 0.4) is 0 Å². The van der Waals surface area contributed by atoms with Crippen LogP contribution in [-0.2, 0) is 6.42 Å². The summed E-state index contributed by atoms with van der Waals surface area (Å²) in [5.74, 6) is -0.110. The van der Waals surface area contributed by atoms with E-state index in [0.29, 0.717) is 12.0 Å². The summed E-state index contributed by atoms with van der Waals surface area (Å²) >= 11 is 0. The highest BCUT2D eigenvalue weighted by Crippen LogP contribution is 2.25. The van der Waals surface area contributed by atoms with Crippen molar-refractivity contribution in [2.24, 2.45) is 0 Å². The molecular weight excluding hydrogens is 220 g/mol. The quantitative estimate of drug-likeness (QED) is 0.648. The van der Waals surface area contributed by atoms with Crippen LogP contribution in [0.5, 0.6) is 5.75 Å². The average molecular weight is 230 g/mol. The molecule has 2 aromatic rings. The second-order valence-corrected chi connectivity index (χ2v) is 3.57. The molecule has 0 aliphatic rings. The van der Waals surface area contributed by atoms with E-state index in [1.165, 1.54) is 6.07 Å². The molecule has 2 rings (SSSR count). The van der Waals surface area contributed by atoms with E-state index >= 15 is 0 Å². The first-order valence-electron chi connectivity index (χ1n) is 5.03. The van der Waals surface area contributed by atoms with Crippen LogP contribution in [0.1, 0.15) is 11.3 Å². The lowest BCUT2D eigenvalue weighted by Gasteiger charge is -2.03. The van der Waals surface area contributed by atoms with E-state index in [9.17, 15) is 15.2 Å². The maximum absolute atomic E-state index is 10.8. The molecule has 5 heteroatoms. The van der Waals surface area contributed by atoms with E-state index in [1.807, 2.05) is 6.07 Å². The molecule has 1 N–H and O–H groups in total. The number of nitro groups is 1. The van der Waals surface area contributed by atoms with Crippen LogP contribution >= 0.6 is 0 Å². The third-order valence-corrected chi connectivity index (χ3v) is 2.36. The Bertz CT molecular complexity index is 541. The number of nitro benzene ring substituents is 1. The second kappa shape index (κ2) is 4.61. The Kier molecular flexibility index (Phi) is 3.00. The maximum Gasteiger partial charge on any atom is 0.276 e. The van der Waals surface area contributed by atoms with Gasteiger partial charge >= 0.3 is 0 Å².